The zero-order valence-electron chi connectivity index (χ0n) is 7.07. The third kappa shape index (κ3) is 3.72. The standard InChI is InChI=1S/C10H12OSe/c1-11-8-5-9-12-10-6-3-2-4-7-10/h2-7,9H,8H2,1H3/b9-5+. The molecule has 0 spiro atoms. The topological polar surface area (TPSA) is 9.23 Å². The summed E-state index contributed by atoms with van der Waals surface area (Å²) in [5, 5.41) is 0. The Balaban J connectivity index is 2.33. The molecule has 1 rings (SSSR count). The molecule has 0 amide bonds. The summed E-state index contributed by atoms with van der Waals surface area (Å²) in [4.78, 5) is 2.19. The molecule has 0 bridgehead atoms. The van der Waals surface area contributed by atoms with E-state index in [1.807, 2.05) is 6.07 Å². The van der Waals surface area contributed by atoms with E-state index >= 15 is 0 Å². The molecule has 0 saturated heterocycles. The number of methoxy groups -OCH3 is 1. The molecule has 0 fully saturated rings. The maximum absolute atomic E-state index is 4.90. The van der Waals surface area contributed by atoms with Gasteiger partial charge in [0.05, 0.1) is 0 Å². The molecule has 1 aromatic rings. The minimum atomic E-state index is 0.458. The molecule has 0 atom stereocenters. The Bertz CT molecular complexity index is 231. The van der Waals surface area contributed by atoms with Crippen LogP contribution >= 0.6 is 0 Å². The molecule has 0 heterocycles. The normalized spacial score (nSPS) is 10.8. The van der Waals surface area contributed by atoms with E-state index in [1.54, 1.807) is 7.11 Å². The first-order valence-electron chi connectivity index (χ1n) is 3.79. The van der Waals surface area contributed by atoms with Crippen LogP contribution in [0.3, 0.4) is 0 Å². The van der Waals surface area contributed by atoms with E-state index < -0.39 is 0 Å². The van der Waals surface area contributed by atoms with E-state index in [0.29, 0.717) is 21.6 Å². The molecule has 12 heavy (non-hydrogen) atoms. The van der Waals surface area contributed by atoms with Gasteiger partial charge in [-0.15, -0.1) is 0 Å². The second-order valence-electron chi connectivity index (χ2n) is 2.26. The van der Waals surface area contributed by atoms with E-state index in [-0.39, 0.29) is 0 Å². The molecule has 2 heteroatoms. The van der Waals surface area contributed by atoms with Gasteiger partial charge in [-0.3, -0.25) is 0 Å². The van der Waals surface area contributed by atoms with Gasteiger partial charge in [-0.25, -0.2) is 0 Å². The number of ether oxygens (including phenoxy) is 1. The maximum atomic E-state index is 4.90. The Labute approximate surface area is 79.6 Å². The third-order valence-electron chi connectivity index (χ3n) is 1.31. The summed E-state index contributed by atoms with van der Waals surface area (Å²) in [5.41, 5.74) is 0. The van der Waals surface area contributed by atoms with Gasteiger partial charge in [0, 0.05) is 0 Å². The number of hydrogen-bond acceptors (Lipinski definition) is 1. The average molecular weight is 227 g/mol. The van der Waals surface area contributed by atoms with Crippen molar-refractivity contribution in [3.8, 4) is 0 Å². The molecular weight excluding hydrogens is 215 g/mol. The second kappa shape index (κ2) is 6.01. The van der Waals surface area contributed by atoms with E-state index in [1.165, 1.54) is 4.46 Å². The van der Waals surface area contributed by atoms with Crippen molar-refractivity contribution in [2.24, 2.45) is 0 Å². The summed E-state index contributed by atoms with van der Waals surface area (Å²) in [6.07, 6.45) is 2.06. The molecule has 0 aliphatic heterocycles. The van der Waals surface area contributed by atoms with Crippen molar-refractivity contribution in [3.05, 3.63) is 41.4 Å². The fourth-order valence-electron chi connectivity index (χ4n) is 0.761. The van der Waals surface area contributed by atoms with Crippen LogP contribution < -0.4 is 4.46 Å². The molecule has 0 aliphatic carbocycles. The van der Waals surface area contributed by atoms with Crippen LogP contribution in [0.1, 0.15) is 0 Å². The van der Waals surface area contributed by atoms with Crippen molar-refractivity contribution in [3.63, 3.8) is 0 Å². The number of rotatable bonds is 4. The van der Waals surface area contributed by atoms with Crippen LogP contribution in [-0.2, 0) is 4.74 Å². The predicted octanol–water partition coefficient (Wildman–Crippen LogP) is 1.18. The van der Waals surface area contributed by atoms with Gasteiger partial charge in [0.1, 0.15) is 0 Å². The molecule has 0 aliphatic rings. The molecular formula is C10H12OSe. The first-order chi connectivity index (χ1) is 5.93. The first kappa shape index (κ1) is 9.53. The SMILES string of the molecule is COC/C=C/[Se]c1ccccc1. The van der Waals surface area contributed by atoms with Gasteiger partial charge in [-0.2, -0.15) is 0 Å². The summed E-state index contributed by atoms with van der Waals surface area (Å²) in [5.74, 6) is 0. The predicted molar refractivity (Wildman–Crippen MR) is 52.8 cm³/mol. The van der Waals surface area contributed by atoms with Crippen molar-refractivity contribution in [2.75, 3.05) is 13.7 Å². The molecule has 0 radical (unpaired) electrons. The quantitative estimate of drug-likeness (QED) is 0.702. The molecule has 1 nitrogen and oxygen atoms in total. The molecule has 0 N–H and O–H groups in total. The van der Waals surface area contributed by atoms with E-state index in [2.05, 4.69) is 35.3 Å². The molecule has 0 unspecified atom stereocenters. The van der Waals surface area contributed by atoms with Gasteiger partial charge in [-0.05, 0) is 0 Å². The van der Waals surface area contributed by atoms with Gasteiger partial charge in [0.15, 0.2) is 0 Å². The van der Waals surface area contributed by atoms with Crippen molar-refractivity contribution in [1.29, 1.82) is 0 Å². The molecule has 0 saturated carbocycles. The van der Waals surface area contributed by atoms with Gasteiger partial charge in [0.2, 0.25) is 0 Å². The Morgan fingerprint density at radius 2 is 2.08 bits per heavy atom. The monoisotopic (exact) mass is 228 g/mol. The van der Waals surface area contributed by atoms with Crippen molar-refractivity contribution in [2.45, 2.75) is 0 Å². The van der Waals surface area contributed by atoms with Crippen molar-refractivity contribution < 1.29 is 4.74 Å². The zero-order chi connectivity index (χ0) is 8.65. The third-order valence-corrected chi connectivity index (χ3v) is 3.14. The van der Waals surface area contributed by atoms with Crippen LogP contribution in [0.5, 0.6) is 0 Å². The van der Waals surface area contributed by atoms with Crippen LogP contribution in [0.15, 0.2) is 41.4 Å². The van der Waals surface area contributed by atoms with E-state index in [9.17, 15) is 0 Å². The van der Waals surface area contributed by atoms with Crippen molar-refractivity contribution >= 4 is 19.4 Å². The summed E-state index contributed by atoms with van der Waals surface area (Å²) < 4.78 is 6.30. The summed E-state index contributed by atoms with van der Waals surface area (Å²) in [7, 11) is 1.71. The van der Waals surface area contributed by atoms with E-state index in [0.717, 1.165) is 0 Å². The van der Waals surface area contributed by atoms with Crippen LogP contribution in [0.2, 0.25) is 0 Å². The number of hydrogen-bond donors (Lipinski definition) is 0. The summed E-state index contributed by atoms with van der Waals surface area (Å²) in [6.45, 7) is 0.717. The molecule has 0 aromatic heterocycles. The fourth-order valence-corrected chi connectivity index (χ4v) is 2.12. The van der Waals surface area contributed by atoms with Gasteiger partial charge in [-0.1, -0.05) is 0 Å². The molecule has 1 aromatic carbocycles. The molecule has 64 valence electrons. The zero-order valence-corrected chi connectivity index (χ0v) is 8.78. The average Bonchev–Trinajstić information content (AvgIpc) is 2.14. The Kier molecular flexibility index (Phi) is 4.77. The summed E-state index contributed by atoms with van der Waals surface area (Å²) >= 11 is 0.458. The van der Waals surface area contributed by atoms with Crippen LogP contribution in [0.4, 0.5) is 0 Å². The Morgan fingerprint density at radius 1 is 1.33 bits per heavy atom. The van der Waals surface area contributed by atoms with Crippen LogP contribution in [-0.4, -0.2) is 28.7 Å². The van der Waals surface area contributed by atoms with Gasteiger partial charge in [0.25, 0.3) is 0 Å². The second-order valence-corrected chi connectivity index (χ2v) is 4.31. The van der Waals surface area contributed by atoms with Gasteiger partial charge >= 0.3 is 79.3 Å². The van der Waals surface area contributed by atoms with Crippen molar-refractivity contribution in [1.82, 2.24) is 0 Å². The van der Waals surface area contributed by atoms with Crippen LogP contribution in [0, 0.1) is 0 Å². The fraction of sp³-hybridized carbons (Fsp3) is 0.200. The van der Waals surface area contributed by atoms with Crippen LogP contribution in [0.25, 0.3) is 0 Å². The first-order valence-corrected chi connectivity index (χ1v) is 5.63. The Morgan fingerprint density at radius 3 is 2.75 bits per heavy atom. The number of benzene rings is 1. The van der Waals surface area contributed by atoms with Gasteiger partial charge < -0.3 is 0 Å². The summed E-state index contributed by atoms with van der Waals surface area (Å²) in [6, 6.07) is 10.5. The Hall–Kier alpha value is -0.561. The van der Waals surface area contributed by atoms with E-state index in [4.69, 9.17) is 4.74 Å². The minimum absolute atomic E-state index is 0.458.